The molecule has 1 saturated carbocycles. The van der Waals surface area contributed by atoms with Crippen LogP contribution in [0, 0.1) is 0 Å². The molecule has 5 rings (SSSR count). The topological polar surface area (TPSA) is 121 Å². The van der Waals surface area contributed by atoms with Gasteiger partial charge in [0.1, 0.15) is 10.3 Å². The normalized spacial score (nSPS) is 20.8. The molecule has 210 valence electrons. The van der Waals surface area contributed by atoms with E-state index in [1.54, 1.807) is 12.1 Å². The van der Waals surface area contributed by atoms with Gasteiger partial charge in [0.15, 0.2) is 22.5 Å². The van der Waals surface area contributed by atoms with Crippen LogP contribution in [0.2, 0.25) is 15.5 Å². The highest BCUT2D eigenvalue weighted by atomic mass is 35.5. The van der Waals surface area contributed by atoms with Gasteiger partial charge in [-0.1, -0.05) is 48.1 Å². The smallest absolute Gasteiger partial charge is 0.274 e. The standard InChI is InChI=1S/C26H33Cl3N8O2/c1-2-3-17-14-36(24-22(29)33-20(23(30)34-24)25(38)31-15-4-5-15)12-13-37(17)16-8-10-35(11-9-16)26(39)18-6-7-19(27)32-21(18)28/h6-7,15-17H,2-5,8-14H2,1H3,(H2,30,34)(H,31,38)/t17-/m0/s1. The van der Waals surface area contributed by atoms with E-state index >= 15 is 0 Å². The van der Waals surface area contributed by atoms with Crippen LogP contribution in [-0.2, 0) is 0 Å². The van der Waals surface area contributed by atoms with Gasteiger partial charge in [-0.25, -0.2) is 15.0 Å². The first-order valence-electron chi connectivity index (χ1n) is 13.5. The zero-order chi connectivity index (χ0) is 27.7. The molecule has 2 aliphatic heterocycles. The Morgan fingerprint density at radius 3 is 2.41 bits per heavy atom. The van der Waals surface area contributed by atoms with Gasteiger partial charge in [0, 0.05) is 50.8 Å². The quantitative estimate of drug-likeness (QED) is 0.463. The van der Waals surface area contributed by atoms with Crippen molar-refractivity contribution < 1.29 is 9.59 Å². The highest BCUT2D eigenvalue weighted by Crippen LogP contribution is 2.31. The van der Waals surface area contributed by atoms with Crippen LogP contribution in [0.1, 0.15) is 66.3 Å². The summed E-state index contributed by atoms with van der Waals surface area (Å²) in [5, 5.41) is 3.48. The molecule has 3 fully saturated rings. The molecule has 2 amide bonds. The minimum atomic E-state index is -0.330. The summed E-state index contributed by atoms with van der Waals surface area (Å²) < 4.78 is 0. The molecule has 13 heteroatoms. The van der Waals surface area contributed by atoms with E-state index < -0.39 is 0 Å². The number of carbonyl (C=O) groups excluding carboxylic acids is 2. The SMILES string of the molecule is CCC[C@H]1CN(c2nc(N)c(C(=O)NC3CC3)nc2Cl)CCN1C1CCN(C(=O)c2ccc(Cl)nc2Cl)CC1. The number of piperazine rings is 1. The van der Waals surface area contributed by atoms with Crippen LogP contribution < -0.4 is 16.0 Å². The number of amides is 2. The van der Waals surface area contributed by atoms with Gasteiger partial charge in [-0.05, 0) is 44.2 Å². The highest BCUT2D eigenvalue weighted by Gasteiger charge is 2.36. The van der Waals surface area contributed by atoms with Gasteiger partial charge in [-0.15, -0.1) is 0 Å². The summed E-state index contributed by atoms with van der Waals surface area (Å²) >= 11 is 18.6. The van der Waals surface area contributed by atoms with Crippen LogP contribution in [0.4, 0.5) is 11.6 Å². The largest absolute Gasteiger partial charge is 0.382 e. The lowest BCUT2D eigenvalue weighted by atomic mass is 9.97. The summed E-state index contributed by atoms with van der Waals surface area (Å²) in [6.45, 7) is 5.77. The first-order chi connectivity index (χ1) is 18.7. The second-order valence-electron chi connectivity index (χ2n) is 10.4. The molecule has 0 radical (unpaired) electrons. The minimum Gasteiger partial charge on any atom is -0.382 e. The monoisotopic (exact) mass is 594 g/mol. The second kappa shape index (κ2) is 12.0. The van der Waals surface area contributed by atoms with Gasteiger partial charge in [-0.2, -0.15) is 0 Å². The summed E-state index contributed by atoms with van der Waals surface area (Å²) in [6, 6.07) is 4.07. The van der Waals surface area contributed by atoms with Gasteiger partial charge >= 0.3 is 0 Å². The Bertz CT molecular complexity index is 1240. The van der Waals surface area contributed by atoms with Crippen LogP contribution in [-0.4, -0.2) is 87.4 Å². The summed E-state index contributed by atoms with van der Waals surface area (Å²) in [6.07, 6.45) is 5.75. The predicted molar refractivity (Wildman–Crippen MR) is 153 cm³/mol. The molecule has 3 aliphatic rings. The predicted octanol–water partition coefficient (Wildman–Crippen LogP) is 3.90. The number of nitrogens with zero attached hydrogens (tertiary/aromatic N) is 6. The maximum absolute atomic E-state index is 13.0. The van der Waals surface area contributed by atoms with Crippen LogP contribution in [0.3, 0.4) is 0 Å². The number of likely N-dealkylation sites (tertiary alicyclic amines) is 1. The van der Waals surface area contributed by atoms with Gasteiger partial charge in [0.05, 0.1) is 5.56 Å². The Labute approximate surface area is 243 Å². The van der Waals surface area contributed by atoms with E-state index in [4.69, 9.17) is 40.5 Å². The fraction of sp³-hybridized carbons (Fsp3) is 0.577. The number of aromatic nitrogens is 3. The molecule has 2 aromatic rings. The lowest BCUT2D eigenvalue weighted by molar-refractivity contribution is 0.0480. The summed E-state index contributed by atoms with van der Waals surface area (Å²) in [5.74, 6) is 0.170. The average Bonchev–Trinajstić information content (AvgIpc) is 3.74. The van der Waals surface area contributed by atoms with Crippen LogP contribution in [0.25, 0.3) is 0 Å². The summed E-state index contributed by atoms with van der Waals surface area (Å²) in [4.78, 5) is 44.9. The Balaban J connectivity index is 1.23. The maximum atomic E-state index is 13.0. The van der Waals surface area contributed by atoms with Crippen molar-refractivity contribution in [2.45, 2.75) is 63.6 Å². The molecule has 0 unspecified atom stereocenters. The lowest BCUT2D eigenvalue weighted by Crippen LogP contribution is -2.59. The molecule has 2 saturated heterocycles. The number of piperidine rings is 1. The van der Waals surface area contributed by atoms with Crippen LogP contribution in [0.15, 0.2) is 12.1 Å². The number of pyridine rings is 1. The first kappa shape index (κ1) is 28.1. The van der Waals surface area contributed by atoms with E-state index in [0.29, 0.717) is 43.1 Å². The molecular weight excluding hydrogens is 563 g/mol. The number of nitrogens with two attached hydrogens (primary N) is 1. The molecule has 0 aromatic carbocycles. The van der Waals surface area contributed by atoms with Crippen LogP contribution >= 0.6 is 34.8 Å². The molecule has 39 heavy (non-hydrogen) atoms. The fourth-order valence-electron chi connectivity index (χ4n) is 5.54. The third kappa shape index (κ3) is 6.34. The number of nitrogens with one attached hydrogen (secondary N) is 1. The van der Waals surface area contributed by atoms with Crippen molar-refractivity contribution >= 4 is 58.3 Å². The molecule has 0 bridgehead atoms. The van der Waals surface area contributed by atoms with Crippen molar-refractivity contribution in [2.75, 3.05) is 43.4 Å². The molecule has 2 aromatic heterocycles. The lowest BCUT2D eigenvalue weighted by Gasteiger charge is -2.48. The van der Waals surface area contributed by atoms with E-state index in [1.807, 2.05) is 4.90 Å². The molecular formula is C26H33Cl3N8O2. The van der Waals surface area contributed by atoms with Crippen molar-refractivity contribution in [3.05, 3.63) is 38.8 Å². The molecule has 1 aliphatic carbocycles. The first-order valence-corrected chi connectivity index (χ1v) is 14.6. The van der Waals surface area contributed by atoms with Crippen molar-refractivity contribution in [3.8, 4) is 0 Å². The average molecular weight is 596 g/mol. The zero-order valence-electron chi connectivity index (χ0n) is 21.9. The van der Waals surface area contributed by atoms with E-state index in [-0.39, 0.29) is 44.8 Å². The third-order valence-electron chi connectivity index (χ3n) is 7.71. The number of hydrogen-bond donors (Lipinski definition) is 2. The summed E-state index contributed by atoms with van der Waals surface area (Å²) in [5.41, 5.74) is 6.61. The molecule has 3 N–H and O–H groups in total. The van der Waals surface area contributed by atoms with E-state index in [1.165, 1.54) is 0 Å². The molecule has 4 heterocycles. The maximum Gasteiger partial charge on any atom is 0.274 e. The van der Waals surface area contributed by atoms with Gasteiger partial charge in [0.2, 0.25) is 0 Å². The van der Waals surface area contributed by atoms with Gasteiger partial charge < -0.3 is 20.9 Å². The Kier molecular flexibility index (Phi) is 8.66. The number of nitrogen functional groups attached to an aromatic ring is 1. The van der Waals surface area contributed by atoms with Gasteiger partial charge in [-0.3, -0.25) is 14.5 Å². The Morgan fingerprint density at radius 2 is 1.74 bits per heavy atom. The Morgan fingerprint density at radius 1 is 1.00 bits per heavy atom. The van der Waals surface area contributed by atoms with Crippen molar-refractivity contribution in [1.82, 2.24) is 30.1 Å². The second-order valence-corrected chi connectivity index (χ2v) is 11.5. The molecule has 10 nitrogen and oxygen atoms in total. The van der Waals surface area contributed by atoms with Crippen molar-refractivity contribution in [1.29, 1.82) is 0 Å². The highest BCUT2D eigenvalue weighted by molar-refractivity contribution is 6.34. The fourth-order valence-corrected chi connectivity index (χ4v) is 6.22. The number of rotatable bonds is 7. The number of anilines is 2. The molecule has 0 spiro atoms. The number of hydrogen-bond acceptors (Lipinski definition) is 8. The van der Waals surface area contributed by atoms with Gasteiger partial charge in [0.25, 0.3) is 11.8 Å². The number of halogens is 3. The van der Waals surface area contributed by atoms with E-state index in [0.717, 1.165) is 51.6 Å². The molecule has 1 atom stereocenters. The minimum absolute atomic E-state index is 0.0800. The van der Waals surface area contributed by atoms with E-state index in [9.17, 15) is 9.59 Å². The summed E-state index contributed by atoms with van der Waals surface area (Å²) in [7, 11) is 0. The van der Waals surface area contributed by atoms with Crippen LogP contribution in [0.5, 0.6) is 0 Å². The van der Waals surface area contributed by atoms with Crippen molar-refractivity contribution in [2.24, 2.45) is 0 Å². The third-order valence-corrected chi connectivity index (χ3v) is 8.46. The number of carbonyl (C=O) groups is 2. The zero-order valence-corrected chi connectivity index (χ0v) is 24.1. The Hall–Kier alpha value is -2.40. The van der Waals surface area contributed by atoms with Crippen molar-refractivity contribution in [3.63, 3.8) is 0 Å². The van der Waals surface area contributed by atoms with E-state index in [2.05, 4.69) is 37.0 Å².